The molecule has 90 valence electrons. The van der Waals surface area contributed by atoms with E-state index in [2.05, 4.69) is 23.4 Å². The lowest BCUT2D eigenvalue weighted by Crippen LogP contribution is -2.45. The van der Waals surface area contributed by atoms with E-state index in [0.717, 1.165) is 25.9 Å². The molecule has 1 aromatic heterocycles. The standard InChI is InChI=1S/C13H17N3O/c1-2-11-5-4-8-16(10-11)15-13(17)12-6-3-7-14-9-12/h3,5-7,9H,2,4,8,10H2,1H3,(H,15,17). The van der Waals surface area contributed by atoms with Crippen molar-refractivity contribution in [2.75, 3.05) is 13.1 Å². The van der Waals surface area contributed by atoms with Gasteiger partial charge in [0.25, 0.3) is 5.91 Å². The van der Waals surface area contributed by atoms with Crippen molar-refractivity contribution in [2.24, 2.45) is 0 Å². The maximum atomic E-state index is 11.9. The molecule has 0 aromatic carbocycles. The topological polar surface area (TPSA) is 45.2 Å². The molecular formula is C13H17N3O. The summed E-state index contributed by atoms with van der Waals surface area (Å²) in [5.74, 6) is -0.0875. The van der Waals surface area contributed by atoms with Crippen molar-refractivity contribution in [3.63, 3.8) is 0 Å². The van der Waals surface area contributed by atoms with E-state index in [-0.39, 0.29) is 5.91 Å². The van der Waals surface area contributed by atoms with Crippen LogP contribution in [0.3, 0.4) is 0 Å². The number of nitrogens with one attached hydrogen (secondary N) is 1. The number of hydrogen-bond donors (Lipinski definition) is 1. The molecule has 17 heavy (non-hydrogen) atoms. The second-order valence-corrected chi connectivity index (χ2v) is 4.11. The molecule has 1 aromatic rings. The van der Waals surface area contributed by atoms with Gasteiger partial charge in [0.2, 0.25) is 0 Å². The van der Waals surface area contributed by atoms with E-state index in [1.165, 1.54) is 5.57 Å². The van der Waals surface area contributed by atoms with Gasteiger partial charge in [-0.25, -0.2) is 5.01 Å². The molecule has 0 atom stereocenters. The fourth-order valence-electron chi connectivity index (χ4n) is 1.87. The van der Waals surface area contributed by atoms with Crippen LogP contribution >= 0.6 is 0 Å². The van der Waals surface area contributed by atoms with Crippen LogP contribution in [-0.2, 0) is 0 Å². The lowest BCUT2D eigenvalue weighted by Gasteiger charge is -2.27. The largest absolute Gasteiger partial charge is 0.284 e. The Bertz CT molecular complexity index is 414. The number of pyridine rings is 1. The molecule has 0 saturated carbocycles. The summed E-state index contributed by atoms with van der Waals surface area (Å²) in [5.41, 5.74) is 4.89. The van der Waals surface area contributed by atoms with E-state index in [1.54, 1.807) is 24.5 Å². The molecule has 0 saturated heterocycles. The molecule has 2 rings (SSSR count). The van der Waals surface area contributed by atoms with Crippen LogP contribution in [0, 0.1) is 0 Å². The first-order valence-corrected chi connectivity index (χ1v) is 5.93. The van der Waals surface area contributed by atoms with Gasteiger partial charge in [0, 0.05) is 25.5 Å². The minimum Gasteiger partial charge on any atom is -0.284 e. The Morgan fingerprint density at radius 1 is 1.59 bits per heavy atom. The zero-order valence-electron chi connectivity index (χ0n) is 10.0. The first kappa shape index (κ1) is 11.8. The van der Waals surface area contributed by atoms with Crippen LogP contribution in [0.1, 0.15) is 30.1 Å². The number of carbonyl (C=O) groups is 1. The smallest absolute Gasteiger partial charge is 0.267 e. The summed E-state index contributed by atoms with van der Waals surface area (Å²) >= 11 is 0. The van der Waals surface area contributed by atoms with Gasteiger partial charge in [-0.15, -0.1) is 0 Å². The second kappa shape index (κ2) is 5.59. The molecule has 0 spiro atoms. The molecule has 0 fully saturated rings. The van der Waals surface area contributed by atoms with E-state index in [4.69, 9.17) is 0 Å². The van der Waals surface area contributed by atoms with Crippen LogP contribution in [0.25, 0.3) is 0 Å². The Balaban J connectivity index is 1.94. The maximum absolute atomic E-state index is 11.9. The average molecular weight is 231 g/mol. The summed E-state index contributed by atoms with van der Waals surface area (Å²) < 4.78 is 0. The summed E-state index contributed by atoms with van der Waals surface area (Å²) in [5, 5.41) is 1.97. The van der Waals surface area contributed by atoms with Crippen molar-refractivity contribution in [1.82, 2.24) is 15.4 Å². The molecule has 0 unspecified atom stereocenters. The van der Waals surface area contributed by atoms with E-state index < -0.39 is 0 Å². The van der Waals surface area contributed by atoms with Crippen molar-refractivity contribution in [2.45, 2.75) is 19.8 Å². The minimum atomic E-state index is -0.0875. The number of carbonyl (C=O) groups excluding carboxylic acids is 1. The highest BCUT2D eigenvalue weighted by Gasteiger charge is 2.14. The van der Waals surface area contributed by atoms with E-state index in [1.807, 2.05) is 5.01 Å². The van der Waals surface area contributed by atoms with Crippen molar-refractivity contribution in [3.8, 4) is 0 Å². The number of aromatic nitrogens is 1. The predicted octanol–water partition coefficient (Wildman–Crippen LogP) is 1.77. The fourth-order valence-corrected chi connectivity index (χ4v) is 1.87. The number of nitrogens with zero attached hydrogens (tertiary/aromatic N) is 2. The zero-order valence-corrected chi connectivity index (χ0v) is 10.0. The van der Waals surface area contributed by atoms with Crippen molar-refractivity contribution >= 4 is 5.91 Å². The summed E-state index contributed by atoms with van der Waals surface area (Å²) in [7, 11) is 0. The van der Waals surface area contributed by atoms with Gasteiger partial charge >= 0.3 is 0 Å². The molecule has 0 bridgehead atoms. The number of rotatable bonds is 3. The molecular weight excluding hydrogens is 214 g/mol. The maximum Gasteiger partial charge on any atom is 0.267 e. The fraction of sp³-hybridized carbons (Fsp3) is 0.385. The van der Waals surface area contributed by atoms with Gasteiger partial charge in [0.05, 0.1) is 5.56 Å². The monoisotopic (exact) mass is 231 g/mol. The summed E-state index contributed by atoms with van der Waals surface area (Å²) in [4.78, 5) is 15.8. The normalized spacial score (nSPS) is 16.4. The molecule has 2 heterocycles. The highest BCUT2D eigenvalue weighted by molar-refractivity contribution is 5.93. The Morgan fingerprint density at radius 2 is 2.47 bits per heavy atom. The highest BCUT2D eigenvalue weighted by Crippen LogP contribution is 2.10. The van der Waals surface area contributed by atoms with Crippen molar-refractivity contribution in [1.29, 1.82) is 0 Å². The molecule has 0 aliphatic carbocycles. The first-order chi connectivity index (χ1) is 8.29. The Kier molecular flexibility index (Phi) is 3.88. The third kappa shape index (κ3) is 3.14. The third-order valence-electron chi connectivity index (χ3n) is 2.86. The number of hydrogen-bond acceptors (Lipinski definition) is 3. The van der Waals surface area contributed by atoms with Crippen LogP contribution in [0.5, 0.6) is 0 Å². The van der Waals surface area contributed by atoms with Gasteiger partial charge in [-0.1, -0.05) is 18.6 Å². The van der Waals surface area contributed by atoms with Gasteiger partial charge in [0.15, 0.2) is 0 Å². The summed E-state index contributed by atoms with van der Waals surface area (Å²) in [6, 6.07) is 3.53. The van der Waals surface area contributed by atoms with Crippen molar-refractivity contribution < 1.29 is 4.79 Å². The molecule has 1 aliphatic rings. The van der Waals surface area contributed by atoms with Crippen molar-refractivity contribution in [3.05, 3.63) is 41.7 Å². The van der Waals surface area contributed by atoms with Crippen LogP contribution in [0.2, 0.25) is 0 Å². The molecule has 1 amide bonds. The molecule has 0 radical (unpaired) electrons. The molecule has 4 nitrogen and oxygen atoms in total. The Hall–Kier alpha value is -1.68. The molecule has 1 N–H and O–H groups in total. The third-order valence-corrected chi connectivity index (χ3v) is 2.86. The van der Waals surface area contributed by atoms with Crippen LogP contribution < -0.4 is 5.43 Å². The van der Waals surface area contributed by atoms with E-state index in [9.17, 15) is 4.79 Å². The van der Waals surface area contributed by atoms with Gasteiger partial charge in [-0.2, -0.15) is 0 Å². The Morgan fingerprint density at radius 3 is 3.18 bits per heavy atom. The quantitative estimate of drug-likeness (QED) is 0.806. The zero-order chi connectivity index (χ0) is 12.1. The SMILES string of the molecule is CCC1=CCCN(NC(=O)c2cccnc2)C1. The second-order valence-electron chi connectivity index (χ2n) is 4.11. The van der Waals surface area contributed by atoms with Crippen LogP contribution in [0.15, 0.2) is 36.2 Å². The Labute approximate surface area is 101 Å². The first-order valence-electron chi connectivity index (χ1n) is 5.93. The number of hydrazine groups is 1. The lowest BCUT2D eigenvalue weighted by molar-refractivity contribution is 0.0797. The van der Waals surface area contributed by atoms with Gasteiger partial charge < -0.3 is 0 Å². The van der Waals surface area contributed by atoms with Crippen LogP contribution in [-0.4, -0.2) is 29.0 Å². The average Bonchev–Trinajstić information content (AvgIpc) is 2.40. The summed E-state index contributed by atoms with van der Waals surface area (Å²) in [6.07, 6.45) is 7.54. The lowest BCUT2D eigenvalue weighted by atomic mass is 10.1. The molecule has 1 aliphatic heterocycles. The highest BCUT2D eigenvalue weighted by atomic mass is 16.2. The summed E-state index contributed by atoms with van der Waals surface area (Å²) in [6.45, 7) is 3.83. The molecule has 4 heteroatoms. The van der Waals surface area contributed by atoms with Gasteiger partial charge in [-0.3, -0.25) is 15.2 Å². The van der Waals surface area contributed by atoms with Gasteiger partial charge in [-0.05, 0) is 25.0 Å². The van der Waals surface area contributed by atoms with Crippen LogP contribution in [0.4, 0.5) is 0 Å². The van der Waals surface area contributed by atoms with Gasteiger partial charge in [0.1, 0.15) is 0 Å². The number of amides is 1. The van der Waals surface area contributed by atoms with E-state index >= 15 is 0 Å². The predicted molar refractivity (Wildman–Crippen MR) is 66.3 cm³/mol. The van der Waals surface area contributed by atoms with E-state index in [0.29, 0.717) is 5.56 Å². The minimum absolute atomic E-state index is 0.0875.